The fraction of sp³-hybridized carbons (Fsp3) is 0.231. The van der Waals surface area contributed by atoms with E-state index in [1.165, 1.54) is 36.9 Å². The lowest BCUT2D eigenvalue weighted by molar-refractivity contribution is -0.121. The Morgan fingerprint density at radius 3 is 2.14 bits per heavy atom. The fourth-order valence-corrected chi connectivity index (χ4v) is 4.94. The molecule has 0 radical (unpaired) electrons. The highest BCUT2D eigenvalue weighted by Gasteiger charge is 2.21. The van der Waals surface area contributed by atoms with Gasteiger partial charge >= 0.3 is 5.76 Å². The molecule has 4 aromatic rings. The Hall–Kier alpha value is -3.69. The molecule has 35 heavy (non-hydrogen) atoms. The van der Waals surface area contributed by atoms with Crippen molar-refractivity contribution in [1.82, 2.24) is 14.2 Å². The Balaban J connectivity index is 1.46. The van der Waals surface area contributed by atoms with Gasteiger partial charge in [-0.25, -0.2) is 17.5 Å². The molecule has 0 aliphatic rings. The number of rotatable bonds is 9. The minimum Gasteiger partial charge on any atom is -0.408 e. The van der Waals surface area contributed by atoms with Gasteiger partial charge in [0.15, 0.2) is 5.58 Å². The SMILES string of the molecule is CN(C)S(=O)(=O)c1ccc2c(c1)oc(=O)n2CC(=O)NCCC(c1ccccc1)c1ccccc1. The van der Waals surface area contributed by atoms with E-state index in [1.54, 1.807) is 0 Å². The summed E-state index contributed by atoms with van der Waals surface area (Å²) in [5, 5.41) is 2.89. The number of amides is 1. The minimum absolute atomic E-state index is 0.00761. The average Bonchev–Trinajstić information content (AvgIpc) is 3.16. The van der Waals surface area contributed by atoms with Crippen LogP contribution in [0.2, 0.25) is 0 Å². The fourth-order valence-electron chi connectivity index (χ4n) is 4.02. The third kappa shape index (κ3) is 5.36. The van der Waals surface area contributed by atoms with Gasteiger partial charge in [-0.05, 0) is 29.7 Å². The molecule has 1 aromatic heterocycles. The summed E-state index contributed by atoms with van der Waals surface area (Å²) < 4.78 is 32.2. The van der Waals surface area contributed by atoms with Crippen molar-refractivity contribution in [2.24, 2.45) is 0 Å². The van der Waals surface area contributed by atoms with Crippen LogP contribution in [0.5, 0.6) is 0 Å². The first kappa shape index (κ1) is 24.4. The molecule has 0 bridgehead atoms. The van der Waals surface area contributed by atoms with Gasteiger partial charge in [-0.2, -0.15) is 0 Å². The van der Waals surface area contributed by atoms with E-state index in [9.17, 15) is 18.0 Å². The lowest BCUT2D eigenvalue weighted by Gasteiger charge is -2.18. The van der Waals surface area contributed by atoms with Gasteiger partial charge < -0.3 is 9.73 Å². The van der Waals surface area contributed by atoms with Crippen LogP contribution in [-0.4, -0.2) is 43.8 Å². The highest BCUT2D eigenvalue weighted by molar-refractivity contribution is 7.89. The normalized spacial score (nSPS) is 11.9. The van der Waals surface area contributed by atoms with Crippen LogP contribution in [-0.2, 0) is 21.4 Å². The summed E-state index contributed by atoms with van der Waals surface area (Å²) >= 11 is 0. The van der Waals surface area contributed by atoms with Gasteiger partial charge in [-0.15, -0.1) is 0 Å². The topological polar surface area (TPSA) is 102 Å². The van der Waals surface area contributed by atoms with E-state index < -0.39 is 15.8 Å². The number of hydrogen-bond donors (Lipinski definition) is 1. The van der Waals surface area contributed by atoms with E-state index in [-0.39, 0.29) is 28.8 Å². The van der Waals surface area contributed by atoms with Crippen molar-refractivity contribution in [3.05, 3.63) is 101 Å². The Bertz CT molecular complexity index is 1440. The predicted molar refractivity (Wildman–Crippen MR) is 134 cm³/mol. The third-order valence-corrected chi connectivity index (χ3v) is 7.69. The second-order valence-electron chi connectivity index (χ2n) is 8.38. The number of carbonyl (C=O) groups is 1. The van der Waals surface area contributed by atoms with Gasteiger partial charge in [-0.1, -0.05) is 60.7 Å². The third-order valence-electron chi connectivity index (χ3n) is 5.88. The molecule has 0 fully saturated rings. The van der Waals surface area contributed by atoms with E-state index in [0.29, 0.717) is 18.5 Å². The summed E-state index contributed by atoms with van der Waals surface area (Å²) in [5.41, 5.74) is 2.79. The molecule has 1 N–H and O–H groups in total. The molecule has 0 aliphatic carbocycles. The van der Waals surface area contributed by atoms with Crippen LogP contribution in [0, 0.1) is 0 Å². The summed E-state index contributed by atoms with van der Waals surface area (Å²) in [5.74, 6) is -0.937. The van der Waals surface area contributed by atoms with Gasteiger partial charge in [0, 0.05) is 32.6 Å². The number of aromatic nitrogens is 1. The minimum atomic E-state index is -3.68. The van der Waals surface area contributed by atoms with Crippen LogP contribution in [0.1, 0.15) is 23.5 Å². The number of hydrogen-bond acceptors (Lipinski definition) is 5. The molecule has 9 heteroatoms. The van der Waals surface area contributed by atoms with Crippen LogP contribution >= 0.6 is 0 Å². The Kier molecular flexibility index (Phi) is 7.18. The zero-order valence-corrected chi connectivity index (χ0v) is 20.4. The first-order chi connectivity index (χ1) is 16.8. The second-order valence-corrected chi connectivity index (χ2v) is 10.5. The number of carbonyl (C=O) groups excluding carboxylic acids is 1. The molecule has 0 saturated carbocycles. The maximum atomic E-state index is 12.7. The highest BCUT2D eigenvalue weighted by Crippen LogP contribution is 2.27. The molecule has 8 nitrogen and oxygen atoms in total. The van der Waals surface area contributed by atoms with Crippen molar-refractivity contribution in [2.75, 3.05) is 20.6 Å². The van der Waals surface area contributed by atoms with Crippen molar-refractivity contribution in [1.29, 1.82) is 0 Å². The maximum absolute atomic E-state index is 12.7. The summed E-state index contributed by atoms with van der Waals surface area (Å²) in [6, 6.07) is 24.4. The monoisotopic (exact) mass is 493 g/mol. The number of fused-ring (bicyclic) bond motifs is 1. The molecule has 1 heterocycles. The van der Waals surface area contributed by atoms with Gasteiger partial charge in [-0.3, -0.25) is 9.36 Å². The number of benzene rings is 3. The Morgan fingerprint density at radius 1 is 0.971 bits per heavy atom. The molecule has 0 saturated heterocycles. The first-order valence-electron chi connectivity index (χ1n) is 11.2. The molecular formula is C26H27N3O5S. The van der Waals surface area contributed by atoms with E-state index in [1.807, 2.05) is 36.4 Å². The summed E-state index contributed by atoms with van der Waals surface area (Å²) in [7, 11) is -0.834. The van der Waals surface area contributed by atoms with Gasteiger partial charge in [0.2, 0.25) is 15.9 Å². The van der Waals surface area contributed by atoms with Crippen LogP contribution in [0.15, 0.2) is 93.0 Å². The lowest BCUT2D eigenvalue weighted by Crippen LogP contribution is -2.32. The van der Waals surface area contributed by atoms with Crippen molar-refractivity contribution in [3.8, 4) is 0 Å². The van der Waals surface area contributed by atoms with E-state index >= 15 is 0 Å². The molecule has 0 atom stereocenters. The summed E-state index contributed by atoms with van der Waals surface area (Å²) in [6.45, 7) is 0.190. The van der Waals surface area contributed by atoms with E-state index in [2.05, 4.69) is 29.6 Å². The van der Waals surface area contributed by atoms with E-state index in [4.69, 9.17) is 4.42 Å². The summed E-state index contributed by atoms with van der Waals surface area (Å²) in [6.07, 6.45) is 0.687. The standard InChI is InChI=1S/C26H27N3O5S/c1-28(2)35(32,33)21-13-14-23-24(17-21)34-26(31)29(23)18-25(30)27-16-15-22(19-9-5-3-6-10-19)20-11-7-4-8-12-20/h3-14,17,22H,15-16,18H2,1-2H3,(H,27,30). The molecule has 0 spiro atoms. The van der Waals surface area contributed by atoms with Crippen molar-refractivity contribution in [2.45, 2.75) is 23.8 Å². The maximum Gasteiger partial charge on any atom is 0.420 e. The zero-order chi connectivity index (χ0) is 25.0. The molecule has 4 rings (SSSR count). The molecule has 1 amide bonds. The number of nitrogens with one attached hydrogen (secondary N) is 1. The number of oxazole rings is 1. The van der Waals surface area contributed by atoms with Crippen LogP contribution in [0.4, 0.5) is 0 Å². The van der Waals surface area contributed by atoms with Crippen molar-refractivity contribution in [3.63, 3.8) is 0 Å². The van der Waals surface area contributed by atoms with Crippen molar-refractivity contribution >= 4 is 27.0 Å². The molecule has 182 valence electrons. The molecule has 0 unspecified atom stereocenters. The second kappa shape index (κ2) is 10.3. The number of sulfonamides is 1. The lowest BCUT2D eigenvalue weighted by atomic mass is 9.88. The quantitative estimate of drug-likeness (QED) is 0.386. The highest BCUT2D eigenvalue weighted by atomic mass is 32.2. The Morgan fingerprint density at radius 2 is 1.57 bits per heavy atom. The first-order valence-corrected chi connectivity index (χ1v) is 12.6. The predicted octanol–water partition coefficient (Wildman–Crippen LogP) is 3.18. The van der Waals surface area contributed by atoms with Crippen LogP contribution in [0.25, 0.3) is 11.1 Å². The smallest absolute Gasteiger partial charge is 0.408 e. The molecule has 0 aliphatic heterocycles. The van der Waals surface area contributed by atoms with Gasteiger partial charge in [0.25, 0.3) is 0 Å². The van der Waals surface area contributed by atoms with Crippen LogP contribution < -0.4 is 11.1 Å². The summed E-state index contributed by atoms with van der Waals surface area (Å²) in [4.78, 5) is 25.0. The largest absolute Gasteiger partial charge is 0.420 e. The van der Waals surface area contributed by atoms with Crippen molar-refractivity contribution < 1.29 is 17.6 Å². The molecular weight excluding hydrogens is 466 g/mol. The average molecular weight is 494 g/mol. The van der Waals surface area contributed by atoms with Gasteiger partial charge in [0.05, 0.1) is 10.4 Å². The van der Waals surface area contributed by atoms with Gasteiger partial charge in [0.1, 0.15) is 6.54 Å². The number of nitrogens with zero attached hydrogens (tertiary/aromatic N) is 2. The zero-order valence-electron chi connectivity index (χ0n) is 19.5. The Labute approximate surface area is 203 Å². The van der Waals surface area contributed by atoms with E-state index in [0.717, 1.165) is 15.4 Å². The van der Waals surface area contributed by atoms with Crippen LogP contribution in [0.3, 0.4) is 0 Å². The molecule has 3 aromatic carbocycles.